The van der Waals surface area contributed by atoms with Gasteiger partial charge < -0.3 is 11.1 Å². The molecule has 0 saturated carbocycles. The SMILES string of the molecule is CS(=O)(=O)N(c1cc(Br)cc(C(=O)NCCC(N)=O)c1)C1CN(C(c2ccc(Cl)cc2)c2ccc(Cl)cc2)C1. The summed E-state index contributed by atoms with van der Waals surface area (Å²) in [6, 6.07) is 19.5. The number of nitrogens with zero attached hydrogens (tertiary/aromatic N) is 2. The Balaban J connectivity index is 1.60. The highest BCUT2D eigenvalue weighted by atomic mass is 79.9. The number of carbonyl (C=O) groups is 2. The zero-order valence-corrected chi connectivity index (χ0v) is 24.9. The van der Waals surface area contributed by atoms with Crippen LogP contribution in [0.25, 0.3) is 0 Å². The molecule has 4 rings (SSSR count). The molecule has 1 heterocycles. The van der Waals surface area contributed by atoms with Crippen molar-refractivity contribution in [3.63, 3.8) is 0 Å². The minimum Gasteiger partial charge on any atom is -0.370 e. The molecule has 0 radical (unpaired) electrons. The Morgan fingerprint density at radius 2 is 1.56 bits per heavy atom. The van der Waals surface area contributed by atoms with Crippen molar-refractivity contribution >= 4 is 66.7 Å². The number of hydrogen-bond donors (Lipinski definition) is 2. The zero-order chi connectivity index (χ0) is 28.3. The Labute approximate surface area is 246 Å². The molecule has 3 aromatic carbocycles. The van der Waals surface area contributed by atoms with Gasteiger partial charge in [-0.15, -0.1) is 0 Å². The summed E-state index contributed by atoms with van der Waals surface area (Å²) < 4.78 is 27.9. The van der Waals surface area contributed by atoms with E-state index < -0.39 is 21.8 Å². The number of halogens is 3. The van der Waals surface area contributed by atoms with Crippen LogP contribution in [-0.2, 0) is 14.8 Å². The van der Waals surface area contributed by atoms with E-state index in [1.165, 1.54) is 10.4 Å². The van der Waals surface area contributed by atoms with Gasteiger partial charge in [0.15, 0.2) is 0 Å². The van der Waals surface area contributed by atoms with Gasteiger partial charge in [-0.1, -0.05) is 63.4 Å². The first-order valence-corrected chi connectivity index (χ1v) is 15.4. The Morgan fingerprint density at radius 1 is 1.03 bits per heavy atom. The molecule has 0 atom stereocenters. The molecule has 0 bridgehead atoms. The first-order valence-electron chi connectivity index (χ1n) is 12.0. The van der Waals surface area contributed by atoms with Crippen molar-refractivity contribution in [2.24, 2.45) is 5.73 Å². The molecule has 0 spiro atoms. The molecule has 3 N–H and O–H groups in total. The maximum absolute atomic E-state index is 13.0. The van der Waals surface area contributed by atoms with E-state index in [9.17, 15) is 18.0 Å². The molecule has 8 nitrogen and oxygen atoms in total. The maximum Gasteiger partial charge on any atom is 0.251 e. The molecular weight excluding hydrogens is 627 g/mol. The molecule has 2 amide bonds. The monoisotopic (exact) mass is 652 g/mol. The van der Waals surface area contributed by atoms with Crippen LogP contribution in [0.2, 0.25) is 10.0 Å². The third-order valence-electron chi connectivity index (χ3n) is 6.37. The van der Waals surface area contributed by atoms with Gasteiger partial charge in [-0.25, -0.2) is 8.42 Å². The number of sulfonamides is 1. The summed E-state index contributed by atoms with van der Waals surface area (Å²) >= 11 is 15.6. The normalized spacial score (nSPS) is 14.2. The summed E-state index contributed by atoms with van der Waals surface area (Å²) in [5, 5.41) is 3.88. The number of nitrogens with one attached hydrogen (secondary N) is 1. The van der Waals surface area contributed by atoms with Crippen molar-refractivity contribution < 1.29 is 18.0 Å². The van der Waals surface area contributed by atoms with Crippen molar-refractivity contribution in [3.05, 3.63) is 97.9 Å². The van der Waals surface area contributed by atoms with Crippen molar-refractivity contribution in [2.45, 2.75) is 18.5 Å². The number of nitrogens with two attached hydrogens (primary N) is 1. The van der Waals surface area contributed by atoms with E-state index in [4.69, 9.17) is 28.9 Å². The molecule has 3 aromatic rings. The quantitative estimate of drug-likeness (QED) is 0.332. The number of amides is 2. The van der Waals surface area contributed by atoms with E-state index in [1.807, 2.05) is 48.5 Å². The maximum atomic E-state index is 13.0. The lowest BCUT2D eigenvalue weighted by Crippen LogP contribution is -2.61. The van der Waals surface area contributed by atoms with Gasteiger partial charge in [-0.2, -0.15) is 0 Å². The van der Waals surface area contributed by atoms with Gasteiger partial charge in [0.2, 0.25) is 15.9 Å². The molecule has 0 aliphatic carbocycles. The Morgan fingerprint density at radius 3 is 2.05 bits per heavy atom. The minimum atomic E-state index is -3.70. The number of benzene rings is 3. The summed E-state index contributed by atoms with van der Waals surface area (Å²) in [6.07, 6.45) is 1.15. The van der Waals surface area contributed by atoms with Gasteiger partial charge in [0.25, 0.3) is 5.91 Å². The van der Waals surface area contributed by atoms with Crippen LogP contribution >= 0.6 is 39.1 Å². The first-order chi connectivity index (χ1) is 18.4. The van der Waals surface area contributed by atoms with Crippen LogP contribution in [0.4, 0.5) is 5.69 Å². The second kappa shape index (κ2) is 12.3. The number of hydrogen-bond acceptors (Lipinski definition) is 5. The van der Waals surface area contributed by atoms with E-state index >= 15 is 0 Å². The molecule has 39 heavy (non-hydrogen) atoms. The highest BCUT2D eigenvalue weighted by Gasteiger charge is 2.41. The molecule has 1 saturated heterocycles. The summed E-state index contributed by atoms with van der Waals surface area (Å²) in [7, 11) is -3.70. The van der Waals surface area contributed by atoms with E-state index in [0.717, 1.165) is 17.4 Å². The topological polar surface area (TPSA) is 113 Å². The smallest absolute Gasteiger partial charge is 0.251 e. The van der Waals surface area contributed by atoms with Gasteiger partial charge in [0, 0.05) is 46.1 Å². The van der Waals surface area contributed by atoms with Gasteiger partial charge in [0.05, 0.1) is 24.0 Å². The fraction of sp³-hybridized carbons (Fsp3) is 0.259. The Kier molecular flexibility index (Phi) is 9.23. The van der Waals surface area contributed by atoms with Crippen LogP contribution in [0.15, 0.2) is 71.2 Å². The second-order valence-corrected chi connectivity index (χ2v) is 13.0. The second-order valence-electron chi connectivity index (χ2n) is 9.34. The standard InChI is InChI=1S/C27H27BrCl2N4O4S/c1-39(37,38)34(23-13-19(12-20(28)14-23)27(36)32-11-10-25(31)35)24-15-33(16-24)26(17-2-6-21(29)7-3-17)18-4-8-22(30)9-5-18/h2-9,12-14,24,26H,10-11,15-16H2,1H3,(H2,31,35)(H,32,36). The molecule has 0 aromatic heterocycles. The third kappa shape index (κ3) is 7.32. The van der Waals surface area contributed by atoms with E-state index in [2.05, 4.69) is 26.1 Å². The minimum absolute atomic E-state index is 0.00236. The number of anilines is 1. The fourth-order valence-electron chi connectivity index (χ4n) is 4.66. The first kappa shape index (κ1) is 29.4. The molecule has 206 valence electrons. The lowest BCUT2D eigenvalue weighted by atomic mass is 9.93. The van der Waals surface area contributed by atoms with Gasteiger partial charge in [-0.3, -0.25) is 18.8 Å². The van der Waals surface area contributed by atoms with Crippen LogP contribution in [0, 0.1) is 0 Å². The average Bonchev–Trinajstić information content (AvgIpc) is 2.83. The van der Waals surface area contributed by atoms with Crippen LogP contribution in [-0.4, -0.2) is 57.1 Å². The van der Waals surface area contributed by atoms with Crippen LogP contribution in [0.3, 0.4) is 0 Å². The molecule has 1 aliphatic heterocycles. The summed E-state index contributed by atoms with van der Waals surface area (Å²) in [5.41, 5.74) is 7.80. The van der Waals surface area contributed by atoms with Crippen molar-refractivity contribution in [2.75, 3.05) is 30.2 Å². The number of primary amides is 1. The van der Waals surface area contributed by atoms with Crippen molar-refractivity contribution in [1.82, 2.24) is 10.2 Å². The molecular formula is C27H27BrCl2N4O4S. The van der Waals surface area contributed by atoms with Gasteiger partial charge >= 0.3 is 0 Å². The number of carbonyl (C=O) groups excluding carboxylic acids is 2. The molecule has 0 unspecified atom stereocenters. The van der Waals surface area contributed by atoms with E-state index in [1.54, 1.807) is 12.1 Å². The lowest BCUT2D eigenvalue weighted by Gasteiger charge is -2.48. The van der Waals surface area contributed by atoms with Gasteiger partial charge in [-0.05, 0) is 53.6 Å². The summed E-state index contributed by atoms with van der Waals surface area (Å²) in [5.74, 6) is -0.966. The fourth-order valence-corrected chi connectivity index (χ4v) is 6.55. The Hall–Kier alpha value is -2.63. The zero-order valence-electron chi connectivity index (χ0n) is 21.0. The van der Waals surface area contributed by atoms with Gasteiger partial charge in [0.1, 0.15) is 0 Å². The molecule has 1 fully saturated rings. The lowest BCUT2D eigenvalue weighted by molar-refractivity contribution is -0.117. The highest BCUT2D eigenvalue weighted by Crippen LogP contribution is 2.37. The largest absolute Gasteiger partial charge is 0.370 e. The van der Waals surface area contributed by atoms with Crippen molar-refractivity contribution in [3.8, 4) is 0 Å². The molecule has 1 aliphatic rings. The predicted octanol–water partition coefficient (Wildman–Crippen LogP) is 4.60. The van der Waals surface area contributed by atoms with E-state index in [-0.39, 0.29) is 30.6 Å². The average molecular weight is 654 g/mol. The van der Waals surface area contributed by atoms with Crippen LogP contribution in [0.5, 0.6) is 0 Å². The number of likely N-dealkylation sites (tertiary alicyclic amines) is 1. The van der Waals surface area contributed by atoms with Crippen molar-refractivity contribution in [1.29, 1.82) is 0 Å². The predicted molar refractivity (Wildman–Crippen MR) is 158 cm³/mol. The highest BCUT2D eigenvalue weighted by molar-refractivity contribution is 9.10. The summed E-state index contributed by atoms with van der Waals surface area (Å²) in [4.78, 5) is 25.9. The molecule has 12 heteroatoms. The van der Waals surface area contributed by atoms with Crippen LogP contribution in [0.1, 0.15) is 33.9 Å². The summed E-state index contributed by atoms with van der Waals surface area (Å²) in [6.45, 7) is 0.992. The third-order valence-corrected chi connectivity index (χ3v) is 8.56. The van der Waals surface area contributed by atoms with E-state index in [0.29, 0.717) is 33.3 Å². The van der Waals surface area contributed by atoms with Crippen LogP contribution < -0.4 is 15.4 Å². The Bertz CT molecular complexity index is 1420. The number of rotatable bonds is 10.